The number of carbonyl (C=O) groups excluding carboxylic acids is 1. The number of fused-ring (bicyclic) bond motifs is 4. The first-order valence-electron chi connectivity index (χ1n) is 13.5. The molecule has 1 amide bonds. The monoisotopic (exact) mass is 593 g/mol. The zero-order valence-corrected chi connectivity index (χ0v) is 24.7. The highest BCUT2D eigenvalue weighted by Gasteiger charge is 2.32. The average Bonchev–Trinajstić information content (AvgIpc) is 3.67. The van der Waals surface area contributed by atoms with E-state index in [-0.39, 0.29) is 50.6 Å². The molecule has 1 N–H and O–H groups in total. The zero-order valence-electron chi connectivity index (χ0n) is 23.8. The number of aromatic nitrogens is 3. The molecule has 0 radical (unpaired) electrons. The normalized spacial score (nSPS) is 16.8. The predicted molar refractivity (Wildman–Crippen MR) is 155 cm³/mol. The third kappa shape index (κ3) is 4.79. The molecule has 2 aliphatic heterocycles. The van der Waals surface area contributed by atoms with Gasteiger partial charge in [-0.15, -0.1) is 11.3 Å². The van der Waals surface area contributed by atoms with Gasteiger partial charge < -0.3 is 19.3 Å². The summed E-state index contributed by atoms with van der Waals surface area (Å²) in [5.41, 5.74) is 0.714. The van der Waals surface area contributed by atoms with Gasteiger partial charge in [0.2, 0.25) is 5.95 Å². The quantitative estimate of drug-likeness (QED) is 0.324. The Hall–Kier alpha value is -3.99. The molecule has 2 aliphatic rings. The first-order valence-corrected chi connectivity index (χ1v) is 14.3. The number of pyridine rings is 1. The van der Waals surface area contributed by atoms with Gasteiger partial charge in [-0.05, 0) is 52.4 Å². The Morgan fingerprint density at radius 1 is 1.24 bits per heavy atom. The van der Waals surface area contributed by atoms with Crippen LogP contribution < -0.4 is 10.2 Å². The summed E-state index contributed by atoms with van der Waals surface area (Å²) in [6.45, 7) is 6.89. The smallest absolute Gasteiger partial charge is 0.412 e. The molecule has 1 saturated heterocycles. The van der Waals surface area contributed by atoms with Gasteiger partial charge in [0.25, 0.3) is 0 Å². The number of hydrogen-bond donors (Lipinski definition) is 1. The summed E-state index contributed by atoms with van der Waals surface area (Å²) in [7, 11) is 4.05. The molecule has 1 fully saturated rings. The lowest BCUT2D eigenvalue weighted by Crippen LogP contribution is -2.32. The van der Waals surface area contributed by atoms with Gasteiger partial charge in [0.05, 0.1) is 35.4 Å². The fourth-order valence-corrected chi connectivity index (χ4v) is 6.54. The van der Waals surface area contributed by atoms with Crippen LogP contribution in [0.1, 0.15) is 43.9 Å². The van der Waals surface area contributed by atoms with Gasteiger partial charge in [-0.1, -0.05) is 0 Å². The number of rotatable bonds is 4. The van der Waals surface area contributed by atoms with Crippen molar-refractivity contribution in [2.24, 2.45) is 0 Å². The maximum absolute atomic E-state index is 16.7. The molecule has 10 nitrogen and oxygen atoms in total. The van der Waals surface area contributed by atoms with Crippen LogP contribution in [0.4, 0.5) is 24.5 Å². The van der Waals surface area contributed by atoms with Gasteiger partial charge in [0, 0.05) is 41.7 Å². The number of carbonyl (C=O) groups is 1. The molecule has 0 spiro atoms. The molecule has 4 aromatic rings. The Balaban J connectivity index is 1.53. The number of halogens is 2. The number of amides is 1. The second-order valence-electron chi connectivity index (χ2n) is 11.6. The minimum atomic E-state index is -0.797. The van der Waals surface area contributed by atoms with E-state index in [1.807, 2.05) is 19.0 Å². The van der Waals surface area contributed by atoms with Crippen LogP contribution in [0.15, 0.2) is 12.4 Å². The van der Waals surface area contributed by atoms with Crippen LogP contribution in [0.5, 0.6) is 0 Å². The van der Waals surface area contributed by atoms with Crippen LogP contribution in [0.3, 0.4) is 0 Å². The highest BCUT2D eigenvalue weighted by atomic mass is 32.1. The summed E-state index contributed by atoms with van der Waals surface area (Å²) < 4.78 is 42.9. The van der Waals surface area contributed by atoms with E-state index < -0.39 is 23.3 Å². The number of likely N-dealkylation sites (N-methyl/N-ethyl adjacent to an activating group) is 1. The van der Waals surface area contributed by atoms with Crippen molar-refractivity contribution in [2.75, 3.05) is 37.4 Å². The van der Waals surface area contributed by atoms with Crippen LogP contribution in [-0.2, 0) is 22.7 Å². The summed E-state index contributed by atoms with van der Waals surface area (Å²) in [4.78, 5) is 30.2. The molecule has 0 aliphatic carbocycles. The predicted octanol–water partition coefficient (Wildman–Crippen LogP) is 5.57. The maximum atomic E-state index is 16.7. The van der Waals surface area contributed by atoms with Crippen molar-refractivity contribution < 1.29 is 23.0 Å². The first kappa shape index (κ1) is 28.1. The van der Waals surface area contributed by atoms with Crippen molar-refractivity contribution in [1.82, 2.24) is 19.9 Å². The SMILES string of the molecule is CN(C)[C@H]1CCN(c2ncc3c4c(c(-c5ncc(F)c6sc(NC(=O)OC(C)(C)C)c(C#N)c56)c(F)c3n2)COC4)C1. The standard InChI is InChI=1S/C29H29F2N7O3S/c1-29(2,3)41-28(39)36-26-15(8-32)21-24(33-10-19(30)25(21)42-26)20-18-13-40-12-17(18)16-9-34-27(35-23(16)22(20)31)38-7-6-14(11-38)37(4)5/h9-10,14H,6-7,11-13H2,1-5H3,(H,36,39)/t14-/m0/s1. The number of nitriles is 1. The number of hydrogen-bond acceptors (Lipinski definition) is 10. The highest BCUT2D eigenvalue weighted by molar-refractivity contribution is 7.23. The van der Waals surface area contributed by atoms with Crippen molar-refractivity contribution >= 4 is 49.4 Å². The summed E-state index contributed by atoms with van der Waals surface area (Å²) in [6, 6.07) is 2.39. The van der Waals surface area contributed by atoms with E-state index >= 15 is 8.78 Å². The third-order valence-corrected chi connectivity index (χ3v) is 8.61. The number of benzene rings is 1. The molecule has 1 aromatic carbocycles. The van der Waals surface area contributed by atoms with Gasteiger partial charge >= 0.3 is 6.09 Å². The molecular formula is C29H29F2N7O3S. The fraction of sp³-hybridized carbons (Fsp3) is 0.414. The Labute approximate surface area is 244 Å². The van der Waals surface area contributed by atoms with Gasteiger partial charge in [0.1, 0.15) is 22.2 Å². The molecule has 3 aromatic heterocycles. The number of nitrogens with one attached hydrogen (secondary N) is 1. The molecule has 6 rings (SSSR count). The maximum Gasteiger partial charge on any atom is 0.412 e. The Morgan fingerprint density at radius 2 is 2.00 bits per heavy atom. The lowest BCUT2D eigenvalue weighted by molar-refractivity contribution is 0.0636. The van der Waals surface area contributed by atoms with Crippen LogP contribution in [0, 0.1) is 23.0 Å². The summed E-state index contributed by atoms with van der Waals surface area (Å²) in [5.74, 6) is -0.932. The molecular weight excluding hydrogens is 564 g/mol. The molecule has 5 heterocycles. The fourth-order valence-electron chi connectivity index (χ4n) is 5.50. The molecule has 0 bridgehead atoms. The zero-order chi connectivity index (χ0) is 29.9. The summed E-state index contributed by atoms with van der Waals surface area (Å²) in [6.07, 6.45) is 2.76. The minimum absolute atomic E-state index is 0.0369. The molecule has 0 saturated carbocycles. The first-order chi connectivity index (χ1) is 20.0. The van der Waals surface area contributed by atoms with Gasteiger partial charge in [-0.2, -0.15) is 5.26 Å². The molecule has 218 valence electrons. The van der Waals surface area contributed by atoms with E-state index in [1.54, 1.807) is 27.0 Å². The summed E-state index contributed by atoms with van der Waals surface area (Å²) >= 11 is 0.863. The van der Waals surface area contributed by atoms with Crippen molar-refractivity contribution in [1.29, 1.82) is 5.26 Å². The van der Waals surface area contributed by atoms with Crippen molar-refractivity contribution in [3.63, 3.8) is 0 Å². The van der Waals surface area contributed by atoms with Crippen LogP contribution >= 0.6 is 11.3 Å². The Morgan fingerprint density at radius 3 is 2.69 bits per heavy atom. The highest BCUT2D eigenvalue weighted by Crippen LogP contribution is 2.46. The Kier molecular flexibility index (Phi) is 6.95. The second-order valence-corrected chi connectivity index (χ2v) is 12.6. The van der Waals surface area contributed by atoms with Crippen molar-refractivity contribution in [2.45, 2.75) is 52.0 Å². The Bertz CT molecular complexity index is 1790. The van der Waals surface area contributed by atoms with Crippen molar-refractivity contribution in [3.8, 4) is 17.3 Å². The lowest BCUT2D eigenvalue weighted by atomic mass is 9.94. The number of ether oxygens (including phenoxy) is 2. The van der Waals surface area contributed by atoms with E-state index in [0.29, 0.717) is 22.9 Å². The van der Waals surface area contributed by atoms with Crippen LogP contribution in [0.2, 0.25) is 0 Å². The third-order valence-electron chi connectivity index (χ3n) is 7.50. The number of anilines is 2. The van der Waals surface area contributed by atoms with E-state index in [9.17, 15) is 10.1 Å². The minimum Gasteiger partial charge on any atom is -0.444 e. The van der Waals surface area contributed by atoms with E-state index in [0.717, 1.165) is 42.6 Å². The lowest BCUT2D eigenvalue weighted by Gasteiger charge is -2.21. The van der Waals surface area contributed by atoms with Gasteiger partial charge in [0.15, 0.2) is 11.6 Å². The van der Waals surface area contributed by atoms with Crippen molar-refractivity contribution in [3.05, 3.63) is 40.7 Å². The number of nitrogens with zero attached hydrogens (tertiary/aromatic N) is 6. The van der Waals surface area contributed by atoms with Gasteiger partial charge in [-0.25, -0.2) is 23.5 Å². The molecule has 1 atom stereocenters. The average molecular weight is 594 g/mol. The number of thiophene rings is 1. The van der Waals surface area contributed by atoms with E-state index in [2.05, 4.69) is 31.2 Å². The van der Waals surface area contributed by atoms with E-state index in [4.69, 9.17) is 9.47 Å². The van der Waals surface area contributed by atoms with Crippen LogP contribution in [-0.4, -0.2) is 64.8 Å². The second kappa shape index (κ2) is 10.4. The topological polar surface area (TPSA) is 116 Å². The molecule has 13 heteroatoms. The molecule has 0 unspecified atom stereocenters. The molecule has 42 heavy (non-hydrogen) atoms. The van der Waals surface area contributed by atoms with Crippen LogP contribution in [0.25, 0.3) is 32.2 Å². The largest absolute Gasteiger partial charge is 0.444 e. The van der Waals surface area contributed by atoms with E-state index in [1.165, 1.54) is 0 Å². The van der Waals surface area contributed by atoms with Gasteiger partial charge in [-0.3, -0.25) is 10.3 Å². The summed E-state index contributed by atoms with van der Waals surface area (Å²) in [5, 5.41) is 13.4.